The predicted octanol–water partition coefficient (Wildman–Crippen LogP) is -0.253. The lowest BCUT2D eigenvalue weighted by atomic mass is 10.1. The minimum absolute atomic E-state index is 0.0327. The van der Waals surface area contributed by atoms with E-state index in [-0.39, 0.29) is 37.3 Å². The fourth-order valence-electron chi connectivity index (χ4n) is 2.18. The summed E-state index contributed by atoms with van der Waals surface area (Å²) in [7, 11) is 0. The number of aliphatic carboxylic acids is 1. The summed E-state index contributed by atoms with van der Waals surface area (Å²) in [4.78, 5) is 36.1. The molecule has 1 saturated heterocycles. The van der Waals surface area contributed by atoms with E-state index in [0.717, 1.165) is 12.8 Å². The Hall–Kier alpha value is -1.63. The monoisotopic (exact) mass is 284 g/mol. The van der Waals surface area contributed by atoms with Crippen molar-refractivity contribution in [2.24, 2.45) is 0 Å². The van der Waals surface area contributed by atoms with E-state index in [1.165, 1.54) is 4.90 Å². The van der Waals surface area contributed by atoms with E-state index in [1.807, 2.05) is 0 Å². The molecule has 7 nitrogen and oxygen atoms in total. The molecule has 2 amide bonds. The van der Waals surface area contributed by atoms with Gasteiger partial charge < -0.3 is 20.1 Å². The topological polar surface area (TPSA) is 95.9 Å². The average molecular weight is 284 g/mol. The van der Waals surface area contributed by atoms with Crippen molar-refractivity contribution in [1.82, 2.24) is 10.2 Å². The fraction of sp³-hybridized carbons (Fsp3) is 0.769. The Balaban J connectivity index is 1.86. The number of ether oxygens (including phenoxy) is 1. The van der Waals surface area contributed by atoms with Crippen LogP contribution in [-0.4, -0.2) is 59.6 Å². The van der Waals surface area contributed by atoms with Gasteiger partial charge in [0.25, 0.3) is 0 Å². The van der Waals surface area contributed by atoms with E-state index in [4.69, 9.17) is 9.84 Å². The maximum atomic E-state index is 12.1. The smallest absolute Gasteiger partial charge is 0.303 e. The van der Waals surface area contributed by atoms with Crippen molar-refractivity contribution in [2.75, 3.05) is 19.8 Å². The van der Waals surface area contributed by atoms with Crippen LogP contribution in [0.25, 0.3) is 0 Å². The zero-order valence-corrected chi connectivity index (χ0v) is 11.3. The number of nitrogens with one attached hydrogen (secondary N) is 1. The first-order valence-electron chi connectivity index (χ1n) is 6.97. The van der Waals surface area contributed by atoms with E-state index < -0.39 is 12.0 Å². The molecule has 112 valence electrons. The second kappa shape index (κ2) is 6.69. The van der Waals surface area contributed by atoms with Crippen LogP contribution < -0.4 is 5.32 Å². The van der Waals surface area contributed by atoms with Gasteiger partial charge in [0.1, 0.15) is 6.04 Å². The molecule has 0 radical (unpaired) electrons. The molecule has 0 bridgehead atoms. The van der Waals surface area contributed by atoms with Crippen molar-refractivity contribution in [3.8, 4) is 0 Å². The van der Waals surface area contributed by atoms with Crippen LogP contribution in [0, 0.1) is 0 Å². The average Bonchev–Trinajstić information content (AvgIpc) is 3.22. The Morgan fingerprint density at radius 2 is 2.00 bits per heavy atom. The van der Waals surface area contributed by atoms with Gasteiger partial charge in [-0.3, -0.25) is 14.4 Å². The minimum atomic E-state index is -0.914. The van der Waals surface area contributed by atoms with Crippen LogP contribution in [0.3, 0.4) is 0 Å². The molecule has 0 aromatic heterocycles. The molecule has 2 N–H and O–H groups in total. The second-order valence-corrected chi connectivity index (χ2v) is 5.21. The highest BCUT2D eigenvalue weighted by molar-refractivity contribution is 5.88. The molecule has 0 spiro atoms. The van der Waals surface area contributed by atoms with Crippen LogP contribution in [0.15, 0.2) is 0 Å². The second-order valence-electron chi connectivity index (χ2n) is 5.21. The quantitative estimate of drug-likeness (QED) is 0.701. The number of carboxylic acid groups (broad SMARTS) is 1. The van der Waals surface area contributed by atoms with Gasteiger partial charge in [-0.2, -0.15) is 0 Å². The summed E-state index contributed by atoms with van der Waals surface area (Å²) in [5.41, 5.74) is 0. The van der Waals surface area contributed by atoms with Crippen molar-refractivity contribution >= 4 is 17.8 Å². The lowest BCUT2D eigenvalue weighted by Crippen LogP contribution is -2.56. The van der Waals surface area contributed by atoms with E-state index in [1.54, 1.807) is 0 Å². The van der Waals surface area contributed by atoms with Gasteiger partial charge in [-0.25, -0.2) is 0 Å². The summed E-state index contributed by atoms with van der Waals surface area (Å²) in [6, 6.07) is -0.338. The van der Waals surface area contributed by atoms with Crippen molar-refractivity contribution in [2.45, 2.75) is 44.2 Å². The Labute approximate surface area is 117 Å². The number of amides is 2. The van der Waals surface area contributed by atoms with Gasteiger partial charge >= 0.3 is 5.97 Å². The Morgan fingerprint density at radius 3 is 2.65 bits per heavy atom. The molecule has 0 aromatic rings. The molecule has 2 rings (SSSR count). The molecule has 1 unspecified atom stereocenters. The van der Waals surface area contributed by atoms with Crippen LogP contribution >= 0.6 is 0 Å². The van der Waals surface area contributed by atoms with Crippen LogP contribution in [0.1, 0.15) is 32.1 Å². The number of hydrogen-bond acceptors (Lipinski definition) is 4. The summed E-state index contributed by atoms with van der Waals surface area (Å²) in [5, 5.41) is 11.4. The largest absolute Gasteiger partial charge is 0.481 e. The highest BCUT2D eigenvalue weighted by Crippen LogP contribution is 2.20. The van der Waals surface area contributed by atoms with Gasteiger partial charge in [-0.1, -0.05) is 0 Å². The molecule has 2 aliphatic rings. The molecule has 1 atom stereocenters. The van der Waals surface area contributed by atoms with E-state index >= 15 is 0 Å². The third-order valence-corrected chi connectivity index (χ3v) is 3.46. The zero-order chi connectivity index (χ0) is 14.5. The number of hydrogen-bond donors (Lipinski definition) is 2. The molecule has 7 heteroatoms. The molecule has 0 aromatic carbocycles. The summed E-state index contributed by atoms with van der Waals surface area (Å²) < 4.78 is 5.28. The van der Waals surface area contributed by atoms with E-state index in [9.17, 15) is 14.4 Å². The van der Waals surface area contributed by atoms with Gasteiger partial charge in [-0.15, -0.1) is 0 Å². The van der Waals surface area contributed by atoms with Crippen molar-refractivity contribution < 1.29 is 24.2 Å². The van der Waals surface area contributed by atoms with Crippen molar-refractivity contribution in [3.63, 3.8) is 0 Å². The standard InChI is InChI=1S/C13H20N2O5/c16-11(2-1-3-12(17)18)15-6-7-20-8-10(15)13(19)14-9-4-5-9/h9-10H,1-8H2,(H,14,19)(H,17,18). The first kappa shape index (κ1) is 14.8. The molecular formula is C13H20N2O5. The normalized spacial score (nSPS) is 22.4. The maximum absolute atomic E-state index is 12.1. The number of rotatable bonds is 6. The first-order valence-corrected chi connectivity index (χ1v) is 6.97. The number of carboxylic acids is 1. The Bertz CT molecular complexity index is 394. The van der Waals surface area contributed by atoms with Crippen LogP contribution in [-0.2, 0) is 19.1 Å². The third-order valence-electron chi connectivity index (χ3n) is 3.46. The Kier molecular flexibility index (Phi) is 4.94. The first-order chi connectivity index (χ1) is 9.58. The summed E-state index contributed by atoms with van der Waals surface area (Å²) in [6.07, 6.45) is 2.40. The van der Waals surface area contributed by atoms with E-state index in [2.05, 4.69) is 5.32 Å². The van der Waals surface area contributed by atoms with Gasteiger partial charge in [0.05, 0.1) is 13.2 Å². The lowest BCUT2D eigenvalue weighted by molar-refractivity contribution is -0.148. The molecule has 1 aliphatic carbocycles. The highest BCUT2D eigenvalue weighted by Gasteiger charge is 2.35. The molecule has 1 saturated carbocycles. The maximum Gasteiger partial charge on any atom is 0.303 e. The Morgan fingerprint density at radius 1 is 1.25 bits per heavy atom. The molecule has 20 heavy (non-hydrogen) atoms. The summed E-state index contributed by atoms with van der Waals surface area (Å²) in [6.45, 7) is 1.01. The predicted molar refractivity (Wildman–Crippen MR) is 69.0 cm³/mol. The van der Waals surface area contributed by atoms with Crippen LogP contribution in [0.2, 0.25) is 0 Å². The SMILES string of the molecule is O=C(O)CCCC(=O)N1CCOCC1C(=O)NC1CC1. The minimum Gasteiger partial charge on any atom is -0.481 e. The van der Waals surface area contributed by atoms with Crippen molar-refractivity contribution in [1.29, 1.82) is 0 Å². The molecule has 2 fully saturated rings. The van der Waals surface area contributed by atoms with Crippen molar-refractivity contribution in [3.05, 3.63) is 0 Å². The number of carbonyl (C=O) groups excluding carboxylic acids is 2. The molecular weight excluding hydrogens is 264 g/mol. The fourth-order valence-corrected chi connectivity index (χ4v) is 2.18. The van der Waals surface area contributed by atoms with Gasteiger partial charge in [0.2, 0.25) is 11.8 Å². The van der Waals surface area contributed by atoms with E-state index in [0.29, 0.717) is 19.6 Å². The van der Waals surface area contributed by atoms with Gasteiger partial charge in [0, 0.05) is 25.4 Å². The van der Waals surface area contributed by atoms with Crippen LogP contribution in [0.4, 0.5) is 0 Å². The number of morpholine rings is 1. The number of carbonyl (C=O) groups is 3. The van der Waals surface area contributed by atoms with Gasteiger partial charge in [0.15, 0.2) is 0 Å². The van der Waals surface area contributed by atoms with Gasteiger partial charge in [-0.05, 0) is 19.3 Å². The number of nitrogens with zero attached hydrogens (tertiary/aromatic N) is 1. The van der Waals surface area contributed by atoms with Crippen LogP contribution in [0.5, 0.6) is 0 Å². The lowest BCUT2D eigenvalue weighted by Gasteiger charge is -2.34. The molecule has 1 aliphatic heterocycles. The third kappa shape index (κ3) is 4.19. The summed E-state index contributed by atoms with van der Waals surface area (Å²) in [5.74, 6) is -1.26. The zero-order valence-electron chi connectivity index (χ0n) is 11.3. The highest BCUT2D eigenvalue weighted by atomic mass is 16.5. The molecule has 1 heterocycles. The summed E-state index contributed by atoms with van der Waals surface area (Å²) >= 11 is 0.